The Bertz CT molecular complexity index is 981. The van der Waals surface area contributed by atoms with Crippen LogP contribution in [-0.2, 0) is 17.8 Å². The van der Waals surface area contributed by atoms with Gasteiger partial charge in [-0.3, -0.25) is 10.2 Å². The van der Waals surface area contributed by atoms with Gasteiger partial charge in [-0.15, -0.1) is 0 Å². The van der Waals surface area contributed by atoms with Crippen molar-refractivity contribution in [3.63, 3.8) is 0 Å². The highest BCUT2D eigenvalue weighted by Crippen LogP contribution is 2.14. The van der Waals surface area contributed by atoms with Crippen molar-refractivity contribution >= 4 is 5.91 Å². The summed E-state index contributed by atoms with van der Waals surface area (Å²) in [6, 6.07) is 13.8. The van der Waals surface area contributed by atoms with E-state index in [1.807, 2.05) is 42.5 Å². The van der Waals surface area contributed by atoms with Crippen molar-refractivity contribution in [2.24, 2.45) is 0 Å². The number of aryl methyl sites for hydroxylation is 2. The summed E-state index contributed by atoms with van der Waals surface area (Å²) in [6.45, 7) is 1.54. The lowest BCUT2D eigenvalue weighted by molar-refractivity contribution is -0.121. The van der Waals surface area contributed by atoms with E-state index < -0.39 is 0 Å². The van der Waals surface area contributed by atoms with E-state index in [1.54, 1.807) is 17.2 Å². The van der Waals surface area contributed by atoms with Gasteiger partial charge in [0.05, 0.1) is 12.0 Å². The van der Waals surface area contributed by atoms with Crippen LogP contribution in [-0.4, -0.2) is 32.2 Å². The van der Waals surface area contributed by atoms with Crippen molar-refractivity contribution in [1.29, 1.82) is 5.41 Å². The van der Waals surface area contributed by atoms with Crippen molar-refractivity contribution in [1.82, 2.24) is 25.1 Å². The van der Waals surface area contributed by atoms with Crippen LogP contribution in [0.3, 0.4) is 0 Å². The molecule has 170 valence electrons. The smallest absolute Gasteiger partial charge is 0.220 e. The predicted octanol–water partition coefficient (Wildman–Crippen LogP) is 4.23. The van der Waals surface area contributed by atoms with E-state index in [2.05, 4.69) is 20.4 Å². The third-order valence-corrected chi connectivity index (χ3v) is 5.52. The number of amides is 1. The predicted molar refractivity (Wildman–Crippen MR) is 126 cm³/mol. The molecule has 0 fully saturated rings. The van der Waals surface area contributed by atoms with Crippen molar-refractivity contribution < 1.29 is 4.79 Å². The molecule has 0 aliphatic rings. The molecule has 0 radical (unpaired) electrons. The Morgan fingerprint density at radius 3 is 2.47 bits per heavy atom. The molecule has 2 heterocycles. The summed E-state index contributed by atoms with van der Waals surface area (Å²) in [5.41, 5.74) is 3.44. The van der Waals surface area contributed by atoms with Crippen LogP contribution in [0.5, 0.6) is 0 Å². The number of unbranched alkanes of at least 4 members (excludes halogenated alkanes) is 6. The standard InChI is InChI=1S/C25H34N6O/c26-24-15-14-23(21-11-7-6-8-12-21)30-31(24)18-10-5-3-1-2-4-9-17-28-25(32)16-13-22-19-27-20-29-22/h6-8,11-12,14-15,19-20,26H,1-5,9-10,13,16-18H2,(H,27,29)(H,28,32). The molecule has 3 N–H and O–H groups in total. The highest BCUT2D eigenvalue weighted by molar-refractivity contribution is 5.76. The summed E-state index contributed by atoms with van der Waals surface area (Å²) in [7, 11) is 0. The lowest BCUT2D eigenvalue weighted by Gasteiger charge is -2.09. The zero-order chi connectivity index (χ0) is 22.4. The zero-order valence-corrected chi connectivity index (χ0v) is 18.7. The van der Waals surface area contributed by atoms with Gasteiger partial charge < -0.3 is 10.3 Å². The number of benzene rings is 1. The molecule has 0 unspecified atom stereocenters. The number of hydrogen-bond acceptors (Lipinski definition) is 4. The van der Waals surface area contributed by atoms with Crippen LogP contribution < -0.4 is 10.8 Å². The number of aromatic amines is 1. The molecule has 0 saturated heterocycles. The topological polar surface area (TPSA) is 99.5 Å². The maximum absolute atomic E-state index is 11.8. The summed E-state index contributed by atoms with van der Waals surface area (Å²) in [4.78, 5) is 18.8. The van der Waals surface area contributed by atoms with Gasteiger partial charge in [-0.2, -0.15) is 5.10 Å². The molecule has 1 aromatic carbocycles. The van der Waals surface area contributed by atoms with Gasteiger partial charge in [0.1, 0.15) is 5.49 Å². The first kappa shape index (κ1) is 23.4. The van der Waals surface area contributed by atoms with Crippen LogP contribution >= 0.6 is 0 Å². The average molecular weight is 435 g/mol. The molecule has 2 aromatic heterocycles. The lowest BCUT2D eigenvalue weighted by atomic mass is 10.1. The quantitative estimate of drug-likeness (QED) is 0.331. The van der Waals surface area contributed by atoms with E-state index in [4.69, 9.17) is 5.41 Å². The van der Waals surface area contributed by atoms with Gasteiger partial charge in [0, 0.05) is 37.0 Å². The summed E-state index contributed by atoms with van der Waals surface area (Å²) >= 11 is 0. The van der Waals surface area contributed by atoms with Gasteiger partial charge in [-0.25, -0.2) is 9.67 Å². The Morgan fingerprint density at radius 1 is 0.969 bits per heavy atom. The first-order valence-electron chi connectivity index (χ1n) is 11.6. The van der Waals surface area contributed by atoms with Gasteiger partial charge in [-0.05, 0) is 31.4 Å². The zero-order valence-electron chi connectivity index (χ0n) is 18.7. The first-order valence-corrected chi connectivity index (χ1v) is 11.6. The Balaban J connectivity index is 1.21. The fourth-order valence-electron chi connectivity index (χ4n) is 3.65. The lowest BCUT2D eigenvalue weighted by Crippen LogP contribution is -2.24. The minimum absolute atomic E-state index is 0.107. The minimum Gasteiger partial charge on any atom is -0.356 e. The maximum Gasteiger partial charge on any atom is 0.220 e. The molecule has 0 spiro atoms. The Labute approximate surface area is 189 Å². The van der Waals surface area contributed by atoms with E-state index in [0.717, 1.165) is 55.7 Å². The molecule has 32 heavy (non-hydrogen) atoms. The number of nitrogens with zero attached hydrogens (tertiary/aromatic N) is 3. The molecule has 1 amide bonds. The molecule has 0 atom stereocenters. The molecular formula is C25H34N6O. The van der Waals surface area contributed by atoms with Crippen LogP contribution in [0.4, 0.5) is 0 Å². The van der Waals surface area contributed by atoms with E-state index in [-0.39, 0.29) is 5.91 Å². The summed E-state index contributed by atoms with van der Waals surface area (Å²) in [5, 5.41) is 15.7. The molecule has 0 aliphatic heterocycles. The van der Waals surface area contributed by atoms with Crippen molar-refractivity contribution in [3.05, 3.63) is 66.2 Å². The second-order valence-corrected chi connectivity index (χ2v) is 8.09. The molecule has 7 heteroatoms. The molecule has 3 aromatic rings. The number of H-pyrrole nitrogens is 1. The highest BCUT2D eigenvalue weighted by Gasteiger charge is 2.03. The van der Waals surface area contributed by atoms with Crippen molar-refractivity contribution in [2.75, 3.05) is 6.54 Å². The van der Waals surface area contributed by atoms with E-state index in [9.17, 15) is 4.79 Å². The van der Waals surface area contributed by atoms with Crippen LogP contribution in [0.25, 0.3) is 11.3 Å². The average Bonchev–Trinajstić information content (AvgIpc) is 3.34. The Kier molecular flexibility index (Phi) is 9.71. The van der Waals surface area contributed by atoms with E-state index in [0.29, 0.717) is 18.3 Å². The van der Waals surface area contributed by atoms with Gasteiger partial charge in [0.15, 0.2) is 0 Å². The first-order chi connectivity index (χ1) is 15.7. The largest absolute Gasteiger partial charge is 0.356 e. The van der Waals surface area contributed by atoms with Crippen molar-refractivity contribution in [3.8, 4) is 11.3 Å². The SMILES string of the molecule is N=c1ccc(-c2ccccc2)nn1CCCCCCCCCNC(=O)CCc1cnc[nH]1. The van der Waals surface area contributed by atoms with Gasteiger partial charge in [0.25, 0.3) is 0 Å². The third kappa shape index (κ3) is 8.13. The molecule has 3 rings (SSSR count). The maximum atomic E-state index is 11.8. The molecule has 0 aliphatic carbocycles. The Hall–Kier alpha value is -3.22. The van der Waals surface area contributed by atoms with Crippen LogP contribution in [0, 0.1) is 5.41 Å². The normalized spacial score (nSPS) is 10.9. The monoisotopic (exact) mass is 434 g/mol. The minimum atomic E-state index is 0.107. The summed E-state index contributed by atoms with van der Waals surface area (Å²) < 4.78 is 1.80. The Morgan fingerprint density at radius 2 is 1.72 bits per heavy atom. The van der Waals surface area contributed by atoms with Crippen LogP contribution in [0.1, 0.15) is 57.1 Å². The number of carbonyl (C=O) groups is 1. The van der Waals surface area contributed by atoms with Crippen LogP contribution in [0.2, 0.25) is 0 Å². The van der Waals surface area contributed by atoms with Crippen molar-refractivity contribution in [2.45, 2.75) is 64.3 Å². The molecule has 7 nitrogen and oxygen atoms in total. The van der Waals surface area contributed by atoms with Gasteiger partial charge >= 0.3 is 0 Å². The van der Waals surface area contributed by atoms with Gasteiger partial charge in [-0.1, -0.05) is 62.4 Å². The van der Waals surface area contributed by atoms with E-state index in [1.165, 1.54) is 19.3 Å². The molecule has 0 saturated carbocycles. The second kappa shape index (κ2) is 13.2. The fraction of sp³-hybridized carbons (Fsp3) is 0.440. The number of hydrogen-bond donors (Lipinski definition) is 3. The number of aromatic nitrogens is 4. The summed E-state index contributed by atoms with van der Waals surface area (Å²) in [6.07, 6.45) is 12.6. The molecular weight excluding hydrogens is 400 g/mol. The third-order valence-electron chi connectivity index (χ3n) is 5.52. The van der Waals surface area contributed by atoms with Gasteiger partial charge in [0.2, 0.25) is 5.91 Å². The number of nitrogens with one attached hydrogen (secondary N) is 3. The fourth-order valence-corrected chi connectivity index (χ4v) is 3.65. The van der Waals surface area contributed by atoms with Crippen LogP contribution in [0.15, 0.2) is 55.0 Å². The molecule has 0 bridgehead atoms. The number of imidazole rings is 1. The summed E-state index contributed by atoms with van der Waals surface area (Å²) in [5.74, 6) is 0.107. The highest BCUT2D eigenvalue weighted by atomic mass is 16.1. The van der Waals surface area contributed by atoms with E-state index >= 15 is 0 Å². The number of rotatable bonds is 14. The number of carbonyl (C=O) groups excluding carboxylic acids is 1. The second-order valence-electron chi connectivity index (χ2n) is 8.09.